The zero-order valence-electron chi connectivity index (χ0n) is 10.4. The van der Waals surface area contributed by atoms with Crippen molar-refractivity contribution < 1.29 is 18.4 Å². The van der Waals surface area contributed by atoms with Crippen molar-refractivity contribution in [2.75, 3.05) is 4.90 Å². The first-order chi connectivity index (χ1) is 9.58. The maximum Gasteiger partial charge on any atom is 0.238 e. The van der Waals surface area contributed by atoms with Crippen LogP contribution in [0.5, 0.6) is 0 Å². The van der Waals surface area contributed by atoms with E-state index in [0.717, 1.165) is 23.5 Å². The third-order valence-electron chi connectivity index (χ3n) is 4.62. The molecule has 20 heavy (non-hydrogen) atoms. The van der Waals surface area contributed by atoms with E-state index in [1.807, 2.05) is 12.2 Å². The number of amides is 2. The monoisotopic (exact) mass is 275 g/mol. The van der Waals surface area contributed by atoms with Gasteiger partial charge in [-0.25, -0.2) is 13.7 Å². The van der Waals surface area contributed by atoms with Gasteiger partial charge in [0.05, 0.1) is 17.5 Å². The van der Waals surface area contributed by atoms with Crippen LogP contribution >= 0.6 is 0 Å². The highest BCUT2D eigenvalue weighted by Crippen LogP contribution is 2.53. The van der Waals surface area contributed by atoms with E-state index in [-0.39, 0.29) is 41.2 Å². The average molecular weight is 275 g/mol. The maximum atomic E-state index is 13.8. The van der Waals surface area contributed by atoms with Crippen LogP contribution in [0.4, 0.5) is 14.5 Å². The molecule has 0 radical (unpaired) electrons. The molecule has 4 atom stereocenters. The van der Waals surface area contributed by atoms with Crippen LogP contribution in [0, 0.1) is 35.3 Å². The molecule has 0 unspecified atom stereocenters. The van der Waals surface area contributed by atoms with Gasteiger partial charge in [-0.2, -0.15) is 0 Å². The van der Waals surface area contributed by atoms with Gasteiger partial charge in [0.15, 0.2) is 0 Å². The fraction of sp³-hybridized carbons (Fsp3) is 0.333. The lowest BCUT2D eigenvalue weighted by atomic mass is 9.85. The Hall–Kier alpha value is -2.04. The van der Waals surface area contributed by atoms with Crippen LogP contribution in [0.15, 0.2) is 30.4 Å². The van der Waals surface area contributed by atoms with Gasteiger partial charge in [-0.05, 0) is 30.4 Å². The molecule has 102 valence electrons. The van der Waals surface area contributed by atoms with Crippen molar-refractivity contribution in [1.29, 1.82) is 0 Å². The molecule has 1 aromatic rings. The van der Waals surface area contributed by atoms with Gasteiger partial charge in [0, 0.05) is 6.07 Å². The predicted molar refractivity (Wildman–Crippen MR) is 66.6 cm³/mol. The van der Waals surface area contributed by atoms with E-state index in [4.69, 9.17) is 0 Å². The molecule has 2 aliphatic carbocycles. The number of halogens is 2. The molecule has 3 nitrogen and oxygen atoms in total. The van der Waals surface area contributed by atoms with E-state index in [1.165, 1.54) is 0 Å². The Bertz CT molecular complexity index is 640. The van der Waals surface area contributed by atoms with Crippen LogP contribution in [0.3, 0.4) is 0 Å². The zero-order valence-corrected chi connectivity index (χ0v) is 10.4. The van der Waals surface area contributed by atoms with Gasteiger partial charge in [0.1, 0.15) is 11.6 Å². The maximum absolute atomic E-state index is 13.8. The summed E-state index contributed by atoms with van der Waals surface area (Å²) in [6.45, 7) is 0. The highest BCUT2D eigenvalue weighted by atomic mass is 19.1. The quantitative estimate of drug-likeness (QED) is 0.582. The summed E-state index contributed by atoms with van der Waals surface area (Å²) in [6, 6.07) is 2.90. The molecule has 3 aliphatic rings. The number of allylic oxidation sites excluding steroid dienone is 2. The minimum absolute atomic E-state index is 0.0787. The van der Waals surface area contributed by atoms with Crippen molar-refractivity contribution in [3.63, 3.8) is 0 Å². The standard InChI is InChI=1S/C15H11F2NO2/c16-9-3-4-11(10(17)6-9)18-14(19)12-7-1-2-8(5-7)13(12)15(18)20/h1-4,6-8,12-13H,5H2/t7-,8-,12-,13+/m1/s1. The number of hydrogen-bond donors (Lipinski definition) is 0. The summed E-state index contributed by atoms with van der Waals surface area (Å²) < 4.78 is 26.8. The van der Waals surface area contributed by atoms with Gasteiger partial charge in [-0.3, -0.25) is 9.59 Å². The van der Waals surface area contributed by atoms with Crippen molar-refractivity contribution in [2.45, 2.75) is 6.42 Å². The van der Waals surface area contributed by atoms with Crippen LogP contribution in [-0.4, -0.2) is 11.8 Å². The topological polar surface area (TPSA) is 37.4 Å². The normalized spacial score (nSPS) is 34.2. The largest absolute Gasteiger partial charge is 0.274 e. The second-order valence-electron chi connectivity index (χ2n) is 5.61. The Kier molecular flexibility index (Phi) is 2.20. The molecule has 2 bridgehead atoms. The molecule has 1 aliphatic heterocycles. The lowest BCUT2D eigenvalue weighted by Gasteiger charge is -2.17. The van der Waals surface area contributed by atoms with Crippen molar-refractivity contribution in [3.8, 4) is 0 Å². The van der Waals surface area contributed by atoms with E-state index in [0.29, 0.717) is 6.07 Å². The molecule has 1 aromatic carbocycles. The fourth-order valence-corrected chi connectivity index (χ4v) is 3.80. The molecule has 2 fully saturated rings. The van der Waals surface area contributed by atoms with E-state index >= 15 is 0 Å². The number of anilines is 1. The summed E-state index contributed by atoms with van der Waals surface area (Å²) in [7, 11) is 0. The molecule has 1 saturated heterocycles. The third kappa shape index (κ3) is 1.32. The lowest BCUT2D eigenvalue weighted by molar-refractivity contribution is -0.123. The fourth-order valence-electron chi connectivity index (χ4n) is 3.80. The molecule has 0 aromatic heterocycles. The first-order valence-corrected chi connectivity index (χ1v) is 6.59. The second kappa shape index (κ2) is 3.75. The number of carbonyl (C=O) groups excluding carboxylic acids is 2. The number of hydrogen-bond acceptors (Lipinski definition) is 2. The summed E-state index contributed by atoms with van der Waals surface area (Å²) >= 11 is 0. The SMILES string of the molecule is O=C1[C@@H]2[C@H](C(=O)N1c1ccc(F)cc1F)[C@@H]1C=C[C@@H]2C1. The van der Waals surface area contributed by atoms with Crippen molar-refractivity contribution in [2.24, 2.45) is 23.7 Å². The van der Waals surface area contributed by atoms with Crippen LogP contribution in [0.25, 0.3) is 0 Å². The summed E-state index contributed by atoms with van der Waals surface area (Å²) in [5, 5.41) is 0. The minimum atomic E-state index is -0.882. The Morgan fingerprint density at radius 2 is 1.60 bits per heavy atom. The molecule has 1 heterocycles. The van der Waals surface area contributed by atoms with Gasteiger partial charge in [-0.15, -0.1) is 0 Å². The Labute approximate surface area is 113 Å². The smallest absolute Gasteiger partial charge is 0.238 e. The van der Waals surface area contributed by atoms with Gasteiger partial charge in [-0.1, -0.05) is 12.2 Å². The van der Waals surface area contributed by atoms with Gasteiger partial charge < -0.3 is 0 Å². The number of imide groups is 1. The Balaban J connectivity index is 1.78. The lowest BCUT2D eigenvalue weighted by Crippen LogP contribution is -2.33. The van der Waals surface area contributed by atoms with Crippen molar-refractivity contribution in [1.82, 2.24) is 0 Å². The molecular formula is C15H11F2NO2. The number of nitrogens with zero attached hydrogens (tertiary/aromatic N) is 1. The Morgan fingerprint density at radius 3 is 2.15 bits per heavy atom. The van der Waals surface area contributed by atoms with Crippen molar-refractivity contribution in [3.05, 3.63) is 42.0 Å². The van der Waals surface area contributed by atoms with E-state index < -0.39 is 11.6 Å². The molecule has 4 rings (SSSR count). The van der Waals surface area contributed by atoms with Crippen LogP contribution in [0.2, 0.25) is 0 Å². The van der Waals surface area contributed by atoms with Crippen LogP contribution in [0.1, 0.15) is 6.42 Å². The minimum Gasteiger partial charge on any atom is -0.274 e. The molecular weight excluding hydrogens is 264 g/mol. The molecule has 2 amide bonds. The first kappa shape index (κ1) is 11.8. The van der Waals surface area contributed by atoms with Gasteiger partial charge >= 0.3 is 0 Å². The summed E-state index contributed by atoms with van der Waals surface area (Å²) in [4.78, 5) is 25.8. The van der Waals surface area contributed by atoms with Gasteiger partial charge in [0.2, 0.25) is 11.8 Å². The second-order valence-corrected chi connectivity index (χ2v) is 5.61. The van der Waals surface area contributed by atoms with E-state index in [9.17, 15) is 18.4 Å². The van der Waals surface area contributed by atoms with Crippen LogP contribution < -0.4 is 4.90 Å². The predicted octanol–water partition coefficient (Wildman–Crippen LogP) is 2.28. The van der Waals surface area contributed by atoms with Crippen molar-refractivity contribution >= 4 is 17.5 Å². The van der Waals surface area contributed by atoms with E-state index in [2.05, 4.69) is 0 Å². The molecule has 0 spiro atoms. The first-order valence-electron chi connectivity index (χ1n) is 6.59. The number of fused-ring (bicyclic) bond motifs is 5. The highest BCUT2D eigenvalue weighted by molar-refractivity contribution is 6.22. The number of benzene rings is 1. The van der Waals surface area contributed by atoms with Crippen LogP contribution in [-0.2, 0) is 9.59 Å². The zero-order chi connectivity index (χ0) is 14.0. The molecule has 0 N–H and O–H groups in total. The number of carbonyl (C=O) groups is 2. The summed E-state index contributed by atoms with van der Waals surface area (Å²) in [5.74, 6) is -2.92. The number of rotatable bonds is 1. The molecule has 1 saturated carbocycles. The highest BCUT2D eigenvalue weighted by Gasteiger charge is 2.59. The average Bonchev–Trinajstić information content (AvgIpc) is 3.06. The Morgan fingerprint density at radius 1 is 1.00 bits per heavy atom. The summed E-state index contributed by atoms with van der Waals surface area (Å²) in [6.07, 6.45) is 4.77. The van der Waals surface area contributed by atoms with E-state index in [1.54, 1.807) is 0 Å². The summed E-state index contributed by atoms with van der Waals surface area (Å²) in [5.41, 5.74) is -0.143. The van der Waals surface area contributed by atoms with Gasteiger partial charge in [0.25, 0.3) is 0 Å². The molecule has 5 heteroatoms. The third-order valence-corrected chi connectivity index (χ3v) is 4.62.